The van der Waals surface area contributed by atoms with Gasteiger partial charge in [0.25, 0.3) is 0 Å². The third-order valence-electron chi connectivity index (χ3n) is 4.92. The minimum absolute atomic E-state index is 0.459. The first kappa shape index (κ1) is 20.2. The van der Waals surface area contributed by atoms with E-state index in [1.165, 1.54) is 28.3 Å². The van der Waals surface area contributed by atoms with Gasteiger partial charge in [0, 0.05) is 16.8 Å². The molecule has 0 radical (unpaired) electrons. The normalized spacial score (nSPS) is 14.8. The molecule has 4 aromatic rings. The maximum absolute atomic E-state index is 6.31. The van der Waals surface area contributed by atoms with Crippen LogP contribution in [0.2, 0.25) is 0 Å². The number of benzene rings is 4. The highest BCUT2D eigenvalue weighted by Crippen LogP contribution is 2.30. The topological polar surface area (TPSA) is 24.4 Å². The number of fused-ring (bicyclic) bond motifs is 2. The summed E-state index contributed by atoms with van der Waals surface area (Å²) in [6, 6.07) is 31.6. The summed E-state index contributed by atoms with van der Waals surface area (Å²) in [5, 5.41) is 5.69. The van der Waals surface area contributed by atoms with E-state index in [4.69, 9.17) is 11.6 Å². The summed E-state index contributed by atoms with van der Waals surface area (Å²) in [6.45, 7) is 4.25. The van der Waals surface area contributed by atoms with E-state index in [2.05, 4.69) is 97.0 Å². The smallest absolute Gasteiger partial charge is 0.196 e. The molecule has 3 heteroatoms. The van der Waals surface area contributed by atoms with Gasteiger partial charge in [0.05, 0.1) is 5.71 Å². The number of hydrogen-bond acceptors (Lipinski definition) is 2. The highest BCUT2D eigenvalue weighted by molar-refractivity contribution is 6.26. The quantitative estimate of drug-likeness (QED) is 0.264. The molecule has 1 unspecified atom stereocenters. The number of nitrogens with zero attached hydrogens (tertiary/aromatic N) is 1. The van der Waals surface area contributed by atoms with Crippen molar-refractivity contribution in [3.8, 4) is 11.1 Å². The molecule has 1 N–H and O–H groups in total. The standard InChI is InChI=1S/C24H17ClN2.C3H8/c25-24-26-22-11-4-3-10-21(22)23(27-24)20-9-5-8-18(15-20)19-13-12-16-6-1-2-7-17(16)14-19;1-3-2/h1-15,24,26H;3H2,1-2H3. The average molecular weight is 413 g/mol. The molecule has 5 rings (SSSR count). The van der Waals surface area contributed by atoms with Crippen molar-refractivity contribution >= 4 is 33.8 Å². The zero-order valence-corrected chi connectivity index (χ0v) is 18.0. The molecular formula is C27H25ClN2. The predicted octanol–water partition coefficient (Wildman–Crippen LogP) is 7.71. The Morgan fingerprint density at radius 1 is 0.733 bits per heavy atom. The average Bonchev–Trinajstić information content (AvgIpc) is 2.79. The van der Waals surface area contributed by atoms with Crippen LogP contribution in [0.1, 0.15) is 31.4 Å². The summed E-state index contributed by atoms with van der Waals surface area (Å²) < 4.78 is 0. The van der Waals surface area contributed by atoms with Crippen molar-refractivity contribution < 1.29 is 0 Å². The molecule has 0 aromatic heterocycles. The van der Waals surface area contributed by atoms with Crippen LogP contribution in [0, 0.1) is 0 Å². The second-order valence-electron chi connectivity index (χ2n) is 7.35. The van der Waals surface area contributed by atoms with Gasteiger partial charge >= 0.3 is 0 Å². The van der Waals surface area contributed by atoms with Gasteiger partial charge in [0.1, 0.15) is 0 Å². The van der Waals surface area contributed by atoms with Crippen molar-refractivity contribution in [2.45, 2.75) is 25.9 Å². The highest BCUT2D eigenvalue weighted by Gasteiger charge is 2.19. The van der Waals surface area contributed by atoms with Crippen LogP contribution in [0.3, 0.4) is 0 Å². The van der Waals surface area contributed by atoms with Crippen molar-refractivity contribution in [3.63, 3.8) is 0 Å². The van der Waals surface area contributed by atoms with Crippen molar-refractivity contribution in [1.29, 1.82) is 0 Å². The van der Waals surface area contributed by atoms with Crippen LogP contribution in [0.25, 0.3) is 21.9 Å². The Kier molecular flexibility index (Phi) is 6.15. The van der Waals surface area contributed by atoms with Crippen LogP contribution in [-0.4, -0.2) is 11.3 Å². The molecule has 0 amide bonds. The molecule has 0 bridgehead atoms. The molecule has 4 aromatic carbocycles. The van der Waals surface area contributed by atoms with Crippen molar-refractivity contribution in [2.24, 2.45) is 4.99 Å². The number of anilines is 1. The second-order valence-corrected chi connectivity index (χ2v) is 7.77. The summed E-state index contributed by atoms with van der Waals surface area (Å²) in [5.74, 6) is 0. The molecular weight excluding hydrogens is 388 g/mol. The first-order chi connectivity index (χ1) is 14.7. The van der Waals surface area contributed by atoms with E-state index in [1.54, 1.807) is 0 Å². The fourth-order valence-electron chi connectivity index (χ4n) is 3.60. The molecule has 2 nitrogen and oxygen atoms in total. The molecule has 0 saturated carbocycles. The fraction of sp³-hybridized carbons (Fsp3) is 0.148. The second kappa shape index (κ2) is 9.15. The Morgan fingerprint density at radius 2 is 1.40 bits per heavy atom. The predicted molar refractivity (Wildman–Crippen MR) is 131 cm³/mol. The zero-order chi connectivity index (χ0) is 20.9. The van der Waals surface area contributed by atoms with Crippen molar-refractivity contribution in [1.82, 2.24) is 0 Å². The molecule has 0 spiro atoms. The first-order valence-corrected chi connectivity index (χ1v) is 10.8. The molecule has 1 atom stereocenters. The summed E-state index contributed by atoms with van der Waals surface area (Å²) in [6.07, 6.45) is 1.25. The van der Waals surface area contributed by atoms with E-state index in [9.17, 15) is 0 Å². The van der Waals surface area contributed by atoms with Crippen LogP contribution in [-0.2, 0) is 0 Å². The number of halogens is 1. The Bertz CT molecular complexity index is 1200. The SMILES string of the molecule is CCC.ClC1N=C(c2cccc(-c3ccc4ccccc4c3)c2)c2ccccc2N1. The van der Waals surface area contributed by atoms with Gasteiger partial charge in [-0.2, -0.15) is 0 Å². The van der Waals surface area contributed by atoms with Crippen molar-refractivity contribution in [3.05, 3.63) is 102 Å². The lowest BCUT2D eigenvalue weighted by molar-refractivity contribution is 1.02. The minimum atomic E-state index is -0.459. The molecule has 1 aliphatic rings. The monoisotopic (exact) mass is 412 g/mol. The third kappa shape index (κ3) is 4.24. The van der Waals surface area contributed by atoms with Gasteiger partial charge < -0.3 is 5.32 Å². The summed E-state index contributed by atoms with van der Waals surface area (Å²) in [4.78, 5) is 4.65. The van der Waals surface area contributed by atoms with Gasteiger partial charge in [0.15, 0.2) is 5.62 Å². The van der Waals surface area contributed by atoms with E-state index < -0.39 is 5.62 Å². The van der Waals surface area contributed by atoms with Crippen LogP contribution >= 0.6 is 11.6 Å². The fourth-order valence-corrected chi connectivity index (χ4v) is 3.82. The molecule has 1 heterocycles. The van der Waals surface area contributed by atoms with Gasteiger partial charge in [-0.15, -0.1) is 0 Å². The lowest BCUT2D eigenvalue weighted by Crippen LogP contribution is -2.22. The number of hydrogen-bond donors (Lipinski definition) is 1. The van der Waals surface area contributed by atoms with Gasteiger partial charge in [0.2, 0.25) is 0 Å². The third-order valence-corrected chi connectivity index (χ3v) is 5.12. The first-order valence-electron chi connectivity index (χ1n) is 10.4. The largest absolute Gasteiger partial charge is 0.351 e. The Labute approximate surface area is 183 Å². The van der Waals surface area contributed by atoms with Crippen LogP contribution in [0.4, 0.5) is 5.69 Å². The molecule has 150 valence electrons. The molecule has 30 heavy (non-hydrogen) atoms. The number of aliphatic imine (C=N–C) groups is 1. The Morgan fingerprint density at radius 3 is 2.23 bits per heavy atom. The van der Waals surface area contributed by atoms with E-state index in [-0.39, 0.29) is 0 Å². The zero-order valence-electron chi connectivity index (χ0n) is 17.3. The van der Waals surface area contributed by atoms with Gasteiger partial charge in [-0.25, -0.2) is 4.99 Å². The minimum Gasteiger partial charge on any atom is -0.351 e. The number of rotatable bonds is 2. The molecule has 0 fully saturated rings. The lowest BCUT2D eigenvalue weighted by atomic mass is 9.95. The van der Waals surface area contributed by atoms with Crippen LogP contribution < -0.4 is 5.32 Å². The van der Waals surface area contributed by atoms with E-state index in [1.807, 2.05) is 18.2 Å². The Hall–Kier alpha value is -3.10. The molecule has 0 aliphatic carbocycles. The lowest BCUT2D eigenvalue weighted by Gasteiger charge is -2.22. The van der Waals surface area contributed by atoms with Gasteiger partial charge in [-0.1, -0.05) is 105 Å². The maximum Gasteiger partial charge on any atom is 0.196 e. The highest BCUT2D eigenvalue weighted by atomic mass is 35.5. The number of alkyl halides is 1. The van der Waals surface area contributed by atoms with E-state index >= 15 is 0 Å². The summed E-state index contributed by atoms with van der Waals surface area (Å²) >= 11 is 6.31. The van der Waals surface area contributed by atoms with E-state index in [0.29, 0.717) is 0 Å². The maximum atomic E-state index is 6.31. The number of para-hydroxylation sites is 1. The molecule has 1 aliphatic heterocycles. The summed E-state index contributed by atoms with van der Waals surface area (Å²) in [7, 11) is 0. The summed E-state index contributed by atoms with van der Waals surface area (Å²) in [5.41, 5.74) is 5.99. The Balaban J connectivity index is 0.000000687. The number of nitrogens with one attached hydrogen (secondary N) is 1. The van der Waals surface area contributed by atoms with Crippen LogP contribution in [0.5, 0.6) is 0 Å². The van der Waals surface area contributed by atoms with Gasteiger partial charge in [-0.05, 0) is 40.1 Å². The van der Waals surface area contributed by atoms with Crippen molar-refractivity contribution in [2.75, 3.05) is 5.32 Å². The van der Waals surface area contributed by atoms with E-state index in [0.717, 1.165) is 22.5 Å². The van der Waals surface area contributed by atoms with Crippen LogP contribution in [0.15, 0.2) is 96.0 Å². The van der Waals surface area contributed by atoms with Gasteiger partial charge in [-0.3, -0.25) is 0 Å². The molecule has 0 saturated heterocycles.